The molecule has 0 saturated carbocycles. The average molecular weight is 405 g/mol. The van der Waals surface area contributed by atoms with E-state index >= 15 is 0 Å². The van der Waals surface area contributed by atoms with Crippen molar-refractivity contribution >= 4 is 17.8 Å². The fourth-order valence-corrected chi connectivity index (χ4v) is 3.09. The van der Waals surface area contributed by atoms with Gasteiger partial charge in [0.15, 0.2) is 5.76 Å². The highest BCUT2D eigenvalue weighted by Gasteiger charge is 2.30. The first kappa shape index (κ1) is 19.4. The van der Waals surface area contributed by atoms with Gasteiger partial charge < -0.3 is 18.7 Å². The molecule has 3 aromatic rings. The summed E-state index contributed by atoms with van der Waals surface area (Å²) in [6.07, 6.45) is 2.13. The molecule has 0 spiro atoms. The van der Waals surface area contributed by atoms with Crippen molar-refractivity contribution in [2.24, 2.45) is 0 Å². The Labute approximate surface area is 172 Å². The number of hydrogen-bond acceptors (Lipinski definition) is 7. The molecule has 0 atom stereocenters. The van der Waals surface area contributed by atoms with Crippen molar-refractivity contribution in [3.05, 3.63) is 76.7 Å². The zero-order valence-corrected chi connectivity index (χ0v) is 16.5. The number of fused-ring (bicyclic) bond motifs is 1. The van der Waals surface area contributed by atoms with Gasteiger partial charge in [0.2, 0.25) is 5.78 Å². The average Bonchev–Trinajstić information content (AvgIpc) is 3.35. The maximum atomic E-state index is 12.6. The molecule has 152 valence electrons. The monoisotopic (exact) mass is 405 g/mol. The smallest absolute Gasteiger partial charge is 0.311 e. The highest BCUT2D eigenvalue weighted by molar-refractivity contribution is 6.15. The largest absolute Gasteiger partial charge is 0.479 e. The molecule has 0 amide bonds. The third-order valence-corrected chi connectivity index (χ3v) is 4.68. The standard InChI is InChI=1S/C23H19NO6/c1-14-18(28-21(25)11-8-16-13-20(27-2)24-30-16)10-9-17-22(26)19(29-23(14)17)12-15-6-4-3-5-7-15/h3-7,9-10,12-13H,8,11H2,1-2H3/b19-12-. The van der Waals surface area contributed by atoms with E-state index < -0.39 is 5.97 Å². The van der Waals surface area contributed by atoms with Crippen molar-refractivity contribution in [3.63, 3.8) is 0 Å². The summed E-state index contributed by atoms with van der Waals surface area (Å²) in [6.45, 7) is 1.75. The molecule has 4 rings (SSSR count). The minimum absolute atomic E-state index is 0.105. The molecule has 1 aromatic heterocycles. The Kier molecular flexibility index (Phi) is 5.34. The third kappa shape index (κ3) is 3.96. The van der Waals surface area contributed by atoms with Crippen LogP contribution in [0.1, 0.15) is 33.7 Å². The van der Waals surface area contributed by atoms with Crippen LogP contribution in [0.25, 0.3) is 6.08 Å². The molecule has 0 saturated heterocycles. The molecule has 2 heterocycles. The number of benzene rings is 2. The predicted octanol–water partition coefficient (Wildman–Crippen LogP) is 4.15. The topological polar surface area (TPSA) is 87.9 Å². The van der Waals surface area contributed by atoms with Crippen LogP contribution in [0.15, 0.2) is 58.8 Å². The Morgan fingerprint density at radius 3 is 2.70 bits per heavy atom. The number of ketones is 1. The SMILES string of the molecule is COc1cc(CCC(=O)Oc2ccc3c(c2C)O/C(=C\c2ccccc2)C3=O)on1. The van der Waals surface area contributed by atoms with E-state index in [1.807, 2.05) is 30.3 Å². The van der Waals surface area contributed by atoms with Crippen molar-refractivity contribution < 1.29 is 28.3 Å². The van der Waals surface area contributed by atoms with Gasteiger partial charge in [0.05, 0.1) is 19.1 Å². The van der Waals surface area contributed by atoms with E-state index in [0.29, 0.717) is 40.7 Å². The van der Waals surface area contributed by atoms with Crippen molar-refractivity contribution in [2.75, 3.05) is 7.11 Å². The lowest BCUT2D eigenvalue weighted by Gasteiger charge is -2.09. The van der Waals surface area contributed by atoms with Crippen LogP contribution >= 0.6 is 0 Å². The van der Waals surface area contributed by atoms with Crippen LogP contribution in [0.4, 0.5) is 0 Å². The lowest BCUT2D eigenvalue weighted by atomic mass is 10.1. The number of allylic oxidation sites excluding steroid dienone is 1. The van der Waals surface area contributed by atoms with E-state index in [0.717, 1.165) is 5.56 Å². The Hall–Kier alpha value is -3.87. The number of esters is 1. The Morgan fingerprint density at radius 2 is 1.97 bits per heavy atom. The first-order chi connectivity index (χ1) is 14.5. The number of carbonyl (C=O) groups excluding carboxylic acids is 2. The number of ether oxygens (including phenoxy) is 3. The molecular weight excluding hydrogens is 386 g/mol. The van der Waals surface area contributed by atoms with E-state index in [4.69, 9.17) is 18.7 Å². The molecule has 0 N–H and O–H groups in total. The number of rotatable bonds is 6. The summed E-state index contributed by atoms with van der Waals surface area (Å²) < 4.78 is 21.3. The summed E-state index contributed by atoms with van der Waals surface area (Å²) in [5.74, 6) is 1.25. The van der Waals surface area contributed by atoms with Crippen LogP contribution in [-0.4, -0.2) is 24.0 Å². The minimum atomic E-state index is -0.433. The zero-order valence-electron chi connectivity index (χ0n) is 16.5. The van der Waals surface area contributed by atoms with E-state index in [1.54, 1.807) is 31.2 Å². The number of Topliss-reactive ketones (excluding diaryl/α,β-unsaturated/α-hetero) is 1. The Balaban J connectivity index is 1.46. The minimum Gasteiger partial charge on any atom is -0.479 e. The number of aromatic nitrogens is 1. The van der Waals surface area contributed by atoms with E-state index in [-0.39, 0.29) is 18.0 Å². The van der Waals surface area contributed by atoms with Crippen LogP contribution in [-0.2, 0) is 11.2 Å². The number of carbonyl (C=O) groups is 2. The molecule has 2 aromatic carbocycles. The van der Waals surface area contributed by atoms with Gasteiger partial charge in [0, 0.05) is 18.1 Å². The van der Waals surface area contributed by atoms with E-state index in [2.05, 4.69) is 5.16 Å². The van der Waals surface area contributed by atoms with Crippen LogP contribution in [0, 0.1) is 6.92 Å². The lowest BCUT2D eigenvalue weighted by molar-refractivity contribution is -0.134. The number of nitrogens with zero attached hydrogens (tertiary/aromatic N) is 1. The van der Waals surface area contributed by atoms with E-state index in [9.17, 15) is 9.59 Å². The molecule has 0 aliphatic carbocycles. The lowest BCUT2D eigenvalue weighted by Crippen LogP contribution is -2.10. The van der Waals surface area contributed by atoms with E-state index in [1.165, 1.54) is 7.11 Å². The highest BCUT2D eigenvalue weighted by atomic mass is 16.5. The summed E-state index contributed by atoms with van der Waals surface area (Å²) in [6, 6.07) is 14.3. The van der Waals surface area contributed by atoms with Crippen molar-refractivity contribution in [1.29, 1.82) is 0 Å². The maximum absolute atomic E-state index is 12.6. The summed E-state index contributed by atoms with van der Waals surface area (Å²) in [4.78, 5) is 24.9. The molecule has 0 bridgehead atoms. The van der Waals surface area contributed by atoms with Gasteiger partial charge in [-0.2, -0.15) is 0 Å². The molecule has 7 nitrogen and oxygen atoms in total. The summed E-state index contributed by atoms with van der Waals surface area (Å²) in [5.41, 5.74) is 1.90. The van der Waals surface area contributed by atoms with Crippen molar-refractivity contribution in [1.82, 2.24) is 5.16 Å². The van der Waals surface area contributed by atoms with Crippen molar-refractivity contribution in [3.8, 4) is 17.4 Å². The van der Waals surface area contributed by atoms with Gasteiger partial charge in [-0.15, -0.1) is 0 Å². The Morgan fingerprint density at radius 1 is 1.17 bits per heavy atom. The molecule has 1 aliphatic heterocycles. The highest BCUT2D eigenvalue weighted by Crippen LogP contribution is 2.39. The fraction of sp³-hybridized carbons (Fsp3) is 0.174. The van der Waals surface area contributed by atoms with Gasteiger partial charge in [0.1, 0.15) is 17.3 Å². The molecule has 30 heavy (non-hydrogen) atoms. The van der Waals surface area contributed by atoms with Gasteiger partial charge in [0.25, 0.3) is 5.88 Å². The van der Waals surface area contributed by atoms with Gasteiger partial charge in [-0.3, -0.25) is 9.59 Å². The van der Waals surface area contributed by atoms with Crippen molar-refractivity contribution in [2.45, 2.75) is 19.8 Å². The third-order valence-electron chi connectivity index (χ3n) is 4.68. The van der Waals surface area contributed by atoms with Gasteiger partial charge >= 0.3 is 5.97 Å². The molecule has 1 aliphatic rings. The quantitative estimate of drug-likeness (QED) is 0.346. The van der Waals surface area contributed by atoms with Gasteiger partial charge in [-0.1, -0.05) is 30.3 Å². The normalized spacial score (nSPS) is 13.8. The zero-order chi connectivity index (χ0) is 21.1. The predicted molar refractivity (Wildman–Crippen MR) is 108 cm³/mol. The molecule has 0 fully saturated rings. The van der Waals surface area contributed by atoms with Crippen LogP contribution in [0.5, 0.6) is 17.4 Å². The molecule has 0 radical (unpaired) electrons. The Bertz CT molecular complexity index is 1130. The first-order valence-corrected chi connectivity index (χ1v) is 9.38. The molecule has 7 heteroatoms. The molecule has 0 unspecified atom stereocenters. The van der Waals surface area contributed by atoms with Crippen LogP contribution < -0.4 is 14.2 Å². The number of hydrogen-bond donors (Lipinski definition) is 0. The first-order valence-electron chi connectivity index (χ1n) is 9.38. The molecular formula is C23H19NO6. The summed E-state index contributed by atoms with van der Waals surface area (Å²) in [7, 11) is 1.49. The van der Waals surface area contributed by atoms with Gasteiger partial charge in [-0.25, -0.2) is 0 Å². The van der Waals surface area contributed by atoms with Crippen LogP contribution in [0.2, 0.25) is 0 Å². The second-order valence-corrected chi connectivity index (χ2v) is 6.73. The second-order valence-electron chi connectivity index (χ2n) is 6.73. The van der Waals surface area contributed by atoms with Crippen LogP contribution in [0.3, 0.4) is 0 Å². The number of aryl methyl sites for hydroxylation is 1. The summed E-state index contributed by atoms with van der Waals surface area (Å²) in [5, 5.41) is 3.69. The second kappa shape index (κ2) is 8.24. The maximum Gasteiger partial charge on any atom is 0.311 e. The number of methoxy groups -OCH3 is 1. The fourth-order valence-electron chi connectivity index (χ4n) is 3.09. The summed E-state index contributed by atoms with van der Waals surface area (Å²) >= 11 is 0. The van der Waals surface area contributed by atoms with Gasteiger partial charge in [-0.05, 0) is 35.9 Å².